The molecule has 128 valence electrons. The lowest BCUT2D eigenvalue weighted by Gasteiger charge is -2.10. The first-order chi connectivity index (χ1) is 12.3. The van der Waals surface area contributed by atoms with Crippen LogP contribution >= 0.6 is 0 Å². The largest absolute Gasteiger partial charge is 0.497 e. The van der Waals surface area contributed by atoms with Crippen LogP contribution in [-0.2, 0) is 13.0 Å². The van der Waals surface area contributed by atoms with Gasteiger partial charge in [0.2, 0.25) is 0 Å². The van der Waals surface area contributed by atoms with Crippen LogP contribution in [0.2, 0.25) is 0 Å². The molecule has 1 N–H and O–H groups in total. The minimum absolute atomic E-state index is 0.680. The fourth-order valence-electron chi connectivity index (χ4n) is 2.59. The standard InChI is InChI=1S/C22H23NO2/c1-24-21-12-10-20(11-13-21)23-17-19-8-5-9-22(16-19)25-15-14-18-6-3-2-4-7-18/h2-13,16,23H,14-15,17H2,1H3. The molecule has 0 saturated heterocycles. The van der Waals surface area contributed by atoms with Crippen molar-refractivity contribution in [2.45, 2.75) is 13.0 Å². The lowest BCUT2D eigenvalue weighted by Crippen LogP contribution is -2.03. The number of nitrogens with one attached hydrogen (secondary N) is 1. The zero-order chi connectivity index (χ0) is 17.3. The molecule has 3 nitrogen and oxygen atoms in total. The van der Waals surface area contributed by atoms with Crippen molar-refractivity contribution < 1.29 is 9.47 Å². The summed E-state index contributed by atoms with van der Waals surface area (Å²) >= 11 is 0. The van der Waals surface area contributed by atoms with Crippen LogP contribution in [0.4, 0.5) is 5.69 Å². The van der Waals surface area contributed by atoms with Gasteiger partial charge in [-0.2, -0.15) is 0 Å². The maximum absolute atomic E-state index is 5.89. The summed E-state index contributed by atoms with van der Waals surface area (Å²) in [5.41, 5.74) is 3.55. The van der Waals surface area contributed by atoms with Gasteiger partial charge in [0.1, 0.15) is 11.5 Å². The molecule has 0 aliphatic heterocycles. The minimum Gasteiger partial charge on any atom is -0.497 e. The summed E-state index contributed by atoms with van der Waals surface area (Å²) in [4.78, 5) is 0. The number of anilines is 1. The highest BCUT2D eigenvalue weighted by Crippen LogP contribution is 2.18. The van der Waals surface area contributed by atoms with Crippen molar-refractivity contribution in [1.29, 1.82) is 0 Å². The highest BCUT2D eigenvalue weighted by Gasteiger charge is 1.99. The van der Waals surface area contributed by atoms with Gasteiger partial charge in [-0.25, -0.2) is 0 Å². The molecule has 0 aliphatic carbocycles. The summed E-state index contributed by atoms with van der Waals surface area (Å²) in [7, 11) is 1.67. The number of hydrogen-bond donors (Lipinski definition) is 1. The Morgan fingerprint density at radius 2 is 1.52 bits per heavy atom. The average molecular weight is 333 g/mol. The lowest BCUT2D eigenvalue weighted by molar-refractivity contribution is 0.321. The van der Waals surface area contributed by atoms with Gasteiger partial charge in [0, 0.05) is 18.7 Å². The van der Waals surface area contributed by atoms with Gasteiger partial charge in [0.25, 0.3) is 0 Å². The third kappa shape index (κ3) is 5.28. The van der Waals surface area contributed by atoms with Crippen molar-refractivity contribution in [2.75, 3.05) is 19.0 Å². The van der Waals surface area contributed by atoms with Gasteiger partial charge in [0.05, 0.1) is 13.7 Å². The van der Waals surface area contributed by atoms with Crippen molar-refractivity contribution in [3.8, 4) is 11.5 Å². The van der Waals surface area contributed by atoms with Gasteiger partial charge >= 0.3 is 0 Å². The number of benzene rings is 3. The molecule has 3 heteroatoms. The number of methoxy groups -OCH3 is 1. The van der Waals surface area contributed by atoms with Crippen LogP contribution in [0.25, 0.3) is 0 Å². The Morgan fingerprint density at radius 1 is 0.760 bits per heavy atom. The van der Waals surface area contributed by atoms with E-state index in [4.69, 9.17) is 9.47 Å². The van der Waals surface area contributed by atoms with Crippen LogP contribution in [0, 0.1) is 0 Å². The molecule has 0 saturated carbocycles. The molecule has 0 aromatic heterocycles. The molecule has 0 spiro atoms. The van der Waals surface area contributed by atoms with Gasteiger partial charge < -0.3 is 14.8 Å². The van der Waals surface area contributed by atoms with E-state index in [0.717, 1.165) is 30.2 Å². The highest BCUT2D eigenvalue weighted by atomic mass is 16.5. The first-order valence-electron chi connectivity index (χ1n) is 8.47. The topological polar surface area (TPSA) is 30.5 Å². The fraction of sp³-hybridized carbons (Fsp3) is 0.182. The Bertz CT molecular complexity index is 770. The summed E-state index contributed by atoms with van der Waals surface area (Å²) in [5.74, 6) is 1.77. The predicted molar refractivity (Wildman–Crippen MR) is 102 cm³/mol. The predicted octanol–water partition coefficient (Wildman–Crippen LogP) is 4.93. The zero-order valence-corrected chi connectivity index (χ0v) is 14.4. The third-order valence-corrected chi connectivity index (χ3v) is 3.99. The third-order valence-electron chi connectivity index (χ3n) is 3.99. The van der Waals surface area contributed by atoms with Crippen LogP contribution in [0.5, 0.6) is 11.5 Å². The molecule has 0 radical (unpaired) electrons. The number of ether oxygens (including phenoxy) is 2. The molecule has 0 fully saturated rings. The Labute approximate surface area is 149 Å². The Hall–Kier alpha value is -2.94. The van der Waals surface area contributed by atoms with Gasteiger partial charge in [-0.05, 0) is 47.5 Å². The van der Waals surface area contributed by atoms with Crippen molar-refractivity contribution in [3.63, 3.8) is 0 Å². The first kappa shape index (κ1) is 16.9. The number of hydrogen-bond acceptors (Lipinski definition) is 3. The zero-order valence-electron chi connectivity index (χ0n) is 14.4. The van der Waals surface area contributed by atoms with E-state index in [0.29, 0.717) is 6.61 Å². The first-order valence-corrected chi connectivity index (χ1v) is 8.47. The van der Waals surface area contributed by atoms with Gasteiger partial charge in [-0.1, -0.05) is 42.5 Å². The van der Waals surface area contributed by atoms with E-state index >= 15 is 0 Å². The van der Waals surface area contributed by atoms with Crippen LogP contribution in [0.15, 0.2) is 78.9 Å². The minimum atomic E-state index is 0.680. The smallest absolute Gasteiger partial charge is 0.119 e. The van der Waals surface area contributed by atoms with Gasteiger partial charge in [-0.3, -0.25) is 0 Å². The van der Waals surface area contributed by atoms with E-state index in [1.165, 1.54) is 11.1 Å². The monoisotopic (exact) mass is 333 g/mol. The molecule has 3 aromatic rings. The Kier molecular flexibility index (Phi) is 5.94. The fourth-order valence-corrected chi connectivity index (χ4v) is 2.59. The van der Waals surface area contributed by atoms with Gasteiger partial charge in [-0.15, -0.1) is 0 Å². The summed E-state index contributed by atoms with van der Waals surface area (Å²) in [5, 5.41) is 3.41. The molecule has 0 aliphatic rings. The maximum atomic E-state index is 5.89. The summed E-state index contributed by atoms with van der Waals surface area (Å²) < 4.78 is 11.1. The van der Waals surface area contributed by atoms with E-state index in [-0.39, 0.29) is 0 Å². The van der Waals surface area contributed by atoms with E-state index in [9.17, 15) is 0 Å². The normalized spacial score (nSPS) is 10.3. The van der Waals surface area contributed by atoms with Crippen molar-refractivity contribution in [2.24, 2.45) is 0 Å². The summed E-state index contributed by atoms with van der Waals surface area (Å²) in [6.45, 7) is 1.43. The Balaban J connectivity index is 1.50. The molecular formula is C22H23NO2. The molecular weight excluding hydrogens is 310 g/mol. The van der Waals surface area contributed by atoms with Crippen LogP contribution in [-0.4, -0.2) is 13.7 Å². The van der Waals surface area contributed by atoms with E-state index in [1.807, 2.05) is 42.5 Å². The van der Waals surface area contributed by atoms with Crippen LogP contribution in [0.1, 0.15) is 11.1 Å². The highest BCUT2D eigenvalue weighted by molar-refractivity contribution is 5.47. The molecule has 0 unspecified atom stereocenters. The molecule has 0 bridgehead atoms. The second kappa shape index (κ2) is 8.78. The van der Waals surface area contributed by atoms with Crippen molar-refractivity contribution >= 4 is 5.69 Å². The van der Waals surface area contributed by atoms with Crippen LogP contribution in [0.3, 0.4) is 0 Å². The number of rotatable bonds is 8. The molecule has 25 heavy (non-hydrogen) atoms. The second-order valence-electron chi connectivity index (χ2n) is 5.81. The van der Waals surface area contributed by atoms with Crippen molar-refractivity contribution in [1.82, 2.24) is 0 Å². The molecule has 0 atom stereocenters. The summed E-state index contributed by atoms with van der Waals surface area (Å²) in [6.07, 6.45) is 0.912. The quantitative estimate of drug-likeness (QED) is 0.634. The van der Waals surface area contributed by atoms with Crippen LogP contribution < -0.4 is 14.8 Å². The average Bonchev–Trinajstić information content (AvgIpc) is 2.68. The summed E-state index contributed by atoms with van der Waals surface area (Å²) in [6, 6.07) is 26.5. The molecule has 3 rings (SSSR count). The Morgan fingerprint density at radius 3 is 2.28 bits per heavy atom. The SMILES string of the molecule is COc1ccc(NCc2cccc(OCCc3ccccc3)c2)cc1. The second-order valence-corrected chi connectivity index (χ2v) is 5.81. The van der Waals surface area contributed by atoms with Gasteiger partial charge in [0.15, 0.2) is 0 Å². The molecule has 0 amide bonds. The molecule has 3 aromatic carbocycles. The van der Waals surface area contributed by atoms with E-state index in [2.05, 4.69) is 41.7 Å². The van der Waals surface area contributed by atoms with Crippen molar-refractivity contribution in [3.05, 3.63) is 90.0 Å². The maximum Gasteiger partial charge on any atom is 0.119 e. The van der Waals surface area contributed by atoms with E-state index < -0.39 is 0 Å². The lowest BCUT2D eigenvalue weighted by atomic mass is 10.2. The molecule has 0 heterocycles. The van der Waals surface area contributed by atoms with E-state index in [1.54, 1.807) is 7.11 Å².